The average Bonchev–Trinajstić information content (AvgIpc) is 2.95. The lowest BCUT2D eigenvalue weighted by atomic mass is 10.1. The molecular formula is C17H20FN3O4S. The summed E-state index contributed by atoms with van der Waals surface area (Å²) in [7, 11) is -3.15. The van der Waals surface area contributed by atoms with Gasteiger partial charge in [0.05, 0.1) is 17.5 Å². The lowest BCUT2D eigenvalue weighted by Gasteiger charge is -2.27. The van der Waals surface area contributed by atoms with E-state index in [0.717, 1.165) is 10.6 Å². The fraction of sp³-hybridized carbons (Fsp3) is 0.471. The summed E-state index contributed by atoms with van der Waals surface area (Å²) >= 11 is 0. The van der Waals surface area contributed by atoms with Crippen LogP contribution in [0.5, 0.6) is 0 Å². The van der Waals surface area contributed by atoms with E-state index < -0.39 is 15.9 Å². The minimum atomic E-state index is -3.15. The third-order valence-corrected chi connectivity index (χ3v) is 6.21. The highest BCUT2D eigenvalue weighted by Crippen LogP contribution is 2.22. The summed E-state index contributed by atoms with van der Waals surface area (Å²) in [5.74, 6) is -1.06. The van der Waals surface area contributed by atoms with E-state index in [1.54, 1.807) is 12.1 Å². The number of carbonyl (C=O) groups excluding carboxylic acids is 2. The molecule has 0 saturated carbocycles. The van der Waals surface area contributed by atoms with Crippen molar-refractivity contribution >= 4 is 27.4 Å². The molecule has 0 radical (unpaired) electrons. The van der Waals surface area contributed by atoms with Crippen LogP contribution in [0.15, 0.2) is 29.4 Å². The molecular weight excluding hydrogens is 361 g/mol. The van der Waals surface area contributed by atoms with Crippen LogP contribution in [0, 0.1) is 5.82 Å². The third-order valence-electron chi connectivity index (χ3n) is 4.46. The minimum Gasteiger partial charge on any atom is -0.351 e. The van der Waals surface area contributed by atoms with Gasteiger partial charge in [0.2, 0.25) is 5.91 Å². The van der Waals surface area contributed by atoms with Gasteiger partial charge in [-0.1, -0.05) is 12.1 Å². The Morgan fingerprint density at radius 3 is 2.85 bits per heavy atom. The number of nitrogens with one attached hydrogen (secondary N) is 1. The van der Waals surface area contributed by atoms with Gasteiger partial charge in [-0.15, -0.1) is 0 Å². The molecule has 140 valence electrons. The van der Waals surface area contributed by atoms with E-state index in [4.69, 9.17) is 0 Å². The van der Waals surface area contributed by atoms with E-state index in [0.29, 0.717) is 19.4 Å². The van der Waals surface area contributed by atoms with Crippen LogP contribution >= 0.6 is 0 Å². The second-order valence-corrected chi connectivity index (χ2v) is 8.71. The van der Waals surface area contributed by atoms with Crippen LogP contribution in [0.2, 0.25) is 0 Å². The Balaban J connectivity index is 1.59. The number of halogens is 1. The van der Waals surface area contributed by atoms with Crippen molar-refractivity contribution in [1.82, 2.24) is 10.3 Å². The lowest BCUT2D eigenvalue weighted by molar-refractivity contribution is -0.133. The van der Waals surface area contributed by atoms with Crippen LogP contribution in [-0.4, -0.2) is 55.0 Å². The first-order valence-electron chi connectivity index (χ1n) is 8.47. The van der Waals surface area contributed by atoms with E-state index in [2.05, 4.69) is 10.4 Å². The summed E-state index contributed by atoms with van der Waals surface area (Å²) in [5, 5.41) is 7.99. The van der Waals surface area contributed by atoms with E-state index in [-0.39, 0.29) is 47.7 Å². The highest BCUT2D eigenvalue weighted by Gasteiger charge is 2.37. The maximum Gasteiger partial charge on any atom is 0.267 e. The molecule has 1 unspecified atom stereocenters. The lowest BCUT2D eigenvalue weighted by Crippen LogP contribution is -2.44. The number of nitrogens with zero attached hydrogens (tertiary/aromatic N) is 2. The van der Waals surface area contributed by atoms with E-state index in [1.165, 1.54) is 12.1 Å². The van der Waals surface area contributed by atoms with Crippen molar-refractivity contribution in [3.63, 3.8) is 0 Å². The largest absolute Gasteiger partial charge is 0.351 e. The average molecular weight is 381 g/mol. The Morgan fingerprint density at radius 1 is 1.35 bits per heavy atom. The van der Waals surface area contributed by atoms with Crippen molar-refractivity contribution in [3.05, 3.63) is 35.6 Å². The van der Waals surface area contributed by atoms with Gasteiger partial charge in [0.1, 0.15) is 11.5 Å². The van der Waals surface area contributed by atoms with Gasteiger partial charge in [0, 0.05) is 19.4 Å². The predicted molar refractivity (Wildman–Crippen MR) is 93.7 cm³/mol. The normalized spacial score (nSPS) is 22.2. The van der Waals surface area contributed by atoms with Crippen LogP contribution in [0.3, 0.4) is 0 Å². The molecule has 0 bridgehead atoms. The number of amides is 2. The van der Waals surface area contributed by atoms with Gasteiger partial charge in [0.25, 0.3) is 5.91 Å². The molecule has 2 heterocycles. The van der Waals surface area contributed by atoms with Gasteiger partial charge in [-0.3, -0.25) is 9.59 Å². The van der Waals surface area contributed by atoms with Crippen molar-refractivity contribution in [3.8, 4) is 0 Å². The molecule has 1 fully saturated rings. The minimum absolute atomic E-state index is 0.0339. The molecule has 9 heteroatoms. The standard InChI is InChI=1S/C17H20FN3O4S/c18-13-3-1-2-12(10-13)6-8-19-17(23)15-4-5-16(22)21(20-15)14-7-9-26(24,25)11-14/h1-3,10,14H,4-9,11H2,(H,19,23). The summed E-state index contributed by atoms with van der Waals surface area (Å²) in [4.78, 5) is 24.3. The summed E-state index contributed by atoms with van der Waals surface area (Å²) in [6.45, 7) is 0.313. The van der Waals surface area contributed by atoms with Crippen molar-refractivity contribution in [1.29, 1.82) is 0 Å². The Hall–Kier alpha value is -2.29. The quantitative estimate of drug-likeness (QED) is 0.810. The second-order valence-electron chi connectivity index (χ2n) is 6.48. The molecule has 7 nitrogen and oxygen atoms in total. The zero-order valence-electron chi connectivity index (χ0n) is 14.2. The Labute approximate surface area is 151 Å². The SMILES string of the molecule is O=C(NCCc1cccc(F)c1)C1=NN(C2CCS(=O)(=O)C2)C(=O)CC1. The fourth-order valence-corrected chi connectivity index (χ4v) is 4.80. The molecule has 0 aromatic heterocycles. The number of hydrogen-bond acceptors (Lipinski definition) is 5. The summed E-state index contributed by atoms with van der Waals surface area (Å²) < 4.78 is 36.4. The molecule has 2 aliphatic heterocycles. The van der Waals surface area contributed by atoms with Crippen molar-refractivity contribution in [2.24, 2.45) is 5.10 Å². The summed E-state index contributed by atoms with van der Waals surface area (Å²) in [5.41, 5.74) is 0.983. The van der Waals surface area contributed by atoms with Crippen molar-refractivity contribution in [2.75, 3.05) is 18.1 Å². The second kappa shape index (κ2) is 7.53. The molecule has 1 N–H and O–H groups in total. The number of benzene rings is 1. The van der Waals surface area contributed by atoms with Crippen LogP contribution in [0.25, 0.3) is 0 Å². The molecule has 26 heavy (non-hydrogen) atoms. The maximum atomic E-state index is 13.1. The molecule has 1 aromatic rings. The van der Waals surface area contributed by atoms with Crippen LogP contribution in [-0.2, 0) is 25.8 Å². The Bertz CT molecular complexity index is 853. The van der Waals surface area contributed by atoms with E-state index in [9.17, 15) is 22.4 Å². The zero-order chi connectivity index (χ0) is 18.7. The van der Waals surface area contributed by atoms with Gasteiger partial charge in [-0.05, 0) is 30.5 Å². The number of rotatable bonds is 5. The number of sulfone groups is 1. The van der Waals surface area contributed by atoms with Crippen molar-refractivity contribution < 1.29 is 22.4 Å². The first-order chi connectivity index (χ1) is 12.3. The molecule has 1 saturated heterocycles. The highest BCUT2D eigenvalue weighted by atomic mass is 32.2. The van der Waals surface area contributed by atoms with E-state index >= 15 is 0 Å². The van der Waals surface area contributed by atoms with E-state index in [1.807, 2.05) is 0 Å². The molecule has 0 spiro atoms. The van der Waals surface area contributed by atoms with Gasteiger partial charge in [-0.25, -0.2) is 17.8 Å². The summed E-state index contributed by atoms with van der Waals surface area (Å²) in [6, 6.07) is 5.65. The molecule has 2 aliphatic rings. The Kier molecular flexibility index (Phi) is 5.36. The van der Waals surface area contributed by atoms with Crippen molar-refractivity contribution in [2.45, 2.75) is 31.7 Å². The van der Waals surface area contributed by atoms with Gasteiger partial charge < -0.3 is 5.32 Å². The monoisotopic (exact) mass is 381 g/mol. The zero-order valence-corrected chi connectivity index (χ0v) is 15.0. The number of hydrazone groups is 1. The first kappa shape index (κ1) is 18.5. The topological polar surface area (TPSA) is 95.9 Å². The molecule has 2 amide bonds. The van der Waals surface area contributed by atoms with Crippen LogP contribution in [0.1, 0.15) is 24.8 Å². The molecule has 3 rings (SSSR count). The maximum absolute atomic E-state index is 13.1. The van der Waals surface area contributed by atoms with Crippen LogP contribution < -0.4 is 5.32 Å². The molecule has 0 aliphatic carbocycles. The fourth-order valence-electron chi connectivity index (χ4n) is 3.10. The van der Waals surface area contributed by atoms with Gasteiger partial charge in [0.15, 0.2) is 9.84 Å². The smallest absolute Gasteiger partial charge is 0.267 e. The third kappa shape index (κ3) is 4.46. The predicted octanol–water partition coefficient (Wildman–Crippen LogP) is 0.650. The number of hydrogen-bond donors (Lipinski definition) is 1. The van der Waals surface area contributed by atoms with Crippen LogP contribution in [0.4, 0.5) is 4.39 Å². The number of carbonyl (C=O) groups is 2. The van der Waals surface area contributed by atoms with Gasteiger partial charge >= 0.3 is 0 Å². The molecule has 1 atom stereocenters. The summed E-state index contributed by atoms with van der Waals surface area (Å²) in [6.07, 6.45) is 1.17. The highest BCUT2D eigenvalue weighted by molar-refractivity contribution is 7.91. The first-order valence-corrected chi connectivity index (χ1v) is 10.3. The molecule has 1 aromatic carbocycles. The van der Waals surface area contributed by atoms with Gasteiger partial charge in [-0.2, -0.15) is 5.10 Å². The Morgan fingerprint density at radius 2 is 2.15 bits per heavy atom.